The van der Waals surface area contributed by atoms with E-state index in [-0.39, 0.29) is 88.0 Å². The highest BCUT2D eigenvalue weighted by atomic mass is 79.9. The number of likely N-dealkylation sites (tertiary alicyclic amines) is 2. The van der Waals surface area contributed by atoms with E-state index < -0.39 is 18.2 Å². The van der Waals surface area contributed by atoms with Crippen molar-refractivity contribution in [1.29, 1.82) is 0 Å². The number of hydrogen-bond acceptors (Lipinski definition) is 3. The Kier molecular flexibility index (Phi) is 13.3. The molecule has 19 heteroatoms. The number of nitrogens with zero attached hydrogens (tertiary/aromatic N) is 6. The lowest BCUT2D eigenvalue weighted by molar-refractivity contribution is -0.274. The molecule has 0 amide bonds. The van der Waals surface area contributed by atoms with Crippen LogP contribution in [0.3, 0.4) is 0 Å². The van der Waals surface area contributed by atoms with E-state index in [0.717, 1.165) is 22.2 Å². The molecule has 2 aromatic carbocycles. The zero-order chi connectivity index (χ0) is 35.5. The van der Waals surface area contributed by atoms with Crippen molar-refractivity contribution in [2.75, 3.05) is 26.2 Å². The average molecular weight is 754 g/mol. The van der Waals surface area contributed by atoms with Crippen molar-refractivity contribution in [2.45, 2.75) is 57.0 Å². The quantitative estimate of drug-likeness (QED) is 0.194. The van der Waals surface area contributed by atoms with Gasteiger partial charge in [0.05, 0.1) is 13.1 Å². The molecule has 0 bridgehead atoms. The van der Waals surface area contributed by atoms with Gasteiger partial charge in [0.25, 0.3) is 11.8 Å². The number of benzene rings is 2. The minimum Gasteiger partial charge on any atom is -0.406 e. The molecule has 0 unspecified atom stereocenters. The van der Waals surface area contributed by atoms with Crippen LogP contribution in [0.15, 0.2) is 73.0 Å². The molecule has 0 aromatic heterocycles. The molecule has 4 rings (SSSR count). The first-order valence-corrected chi connectivity index (χ1v) is 15.3. The molecule has 0 radical (unpaired) electrons. The van der Waals surface area contributed by atoms with Crippen LogP contribution >= 0.6 is 15.9 Å². The maximum absolute atomic E-state index is 13.1. The first-order valence-electron chi connectivity index (χ1n) is 14.5. The SMILES string of the molecule is NC(=NCc1ccc(OC(F)(F)F)cc1)N=C(N)N1CCC(F)(F)CC1.NC(=NCc1ccccc1Br)N=C(N)N1CCC(F)(F)CC1. The summed E-state index contributed by atoms with van der Waals surface area (Å²) in [6.45, 7) is 0.890. The summed E-state index contributed by atoms with van der Waals surface area (Å²) < 4.78 is 93.3. The van der Waals surface area contributed by atoms with Gasteiger partial charge < -0.3 is 37.5 Å². The highest BCUT2D eigenvalue weighted by Gasteiger charge is 2.35. The highest BCUT2D eigenvalue weighted by molar-refractivity contribution is 9.10. The van der Waals surface area contributed by atoms with E-state index in [2.05, 4.69) is 40.6 Å². The van der Waals surface area contributed by atoms with Gasteiger partial charge in [0.15, 0.2) is 11.9 Å². The number of guanidine groups is 4. The molecule has 48 heavy (non-hydrogen) atoms. The van der Waals surface area contributed by atoms with Crippen LogP contribution in [0.2, 0.25) is 0 Å². The standard InChI is InChI=1S/C15H18F5N5O.C14H18BrF2N5/c16-14(17)5-7-25(8-6-14)13(22)24-12(21)23-9-10-1-3-11(4-2-10)26-15(18,19)20;15-11-4-2-1-3-10(11)9-20-12(18)21-13(19)22-7-5-14(16,17)6-8-22/h1-4H,5-9H2,(H4,21,22,23,24);1-4H,5-9H2,(H4,18,19,20,21). The van der Waals surface area contributed by atoms with Gasteiger partial charge in [-0.25, -0.2) is 27.5 Å². The van der Waals surface area contributed by atoms with Gasteiger partial charge in [-0.15, -0.1) is 13.2 Å². The zero-order valence-corrected chi connectivity index (χ0v) is 27.2. The van der Waals surface area contributed by atoms with Gasteiger partial charge >= 0.3 is 6.36 Å². The van der Waals surface area contributed by atoms with E-state index in [1.54, 1.807) is 4.90 Å². The van der Waals surface area contributed by atoms with Crippen molar-refractivity contribution >= 4 is 39.8 Å². The van der Waals surface area contributed by atoms with Crippen molar-refractivity contribution in [3.8, 4) is 5.75 Å². The minimum absolute atomic E-state index is 0.00400. The molecule has 2 aliphatic heterocycles. The molecule has 0 aliphatic carbocycles. The summed E-state index contributed by atoms with van der Waals surface area (Å²) in [5.41, 5.74) is 24.4. The van der Waals surface area contributed by atoms with Crippen molar-refractivity contribution in [3.63, 3.8) is 0 Å². The van der Waals surface area contributed by atoms with Crippen molar-refractivity contribution < 1.29 is 35.5 Å². The molecule has 2 fully saturated rings. The van der Waals surface area contributed by atoms with Crippen LogP contribution in [0.4, 0.5) is 30.7 Å². The molecule has 11 nitrogen and oxygen atoms in total. The van der Waals surface area contributed by atoms with E-state index in [1.807, 2.05) is 24.3 Å². The fourth-order valence-corrected chi connectivity index (χ4v) is 4.74. The van der Waals surface area contributed by atoms with Crippen LogP contribution in [0.1, 0.15) is 36.8 Å². The van der Waals surface area contributed by atoms with Gasteiger partial charge in [-0.2, -0.15) is 9.98 Å². The van der Waals surface area contributed by atoms with Crippen LogP contribution in [0.25, 0.3) is 0 Å². The number of aliphatic imine (C=N–C) groups is 4. The third-order valence-corrected chi connectivity index (χ3v) is 7.82. The van der Waals surface area contributed by atoms with E-state index in [9.17, 15) is 30.7 Å². The number of halogens is 8. The minimum atomic E-state index is -4.76. The number of rotatable bonds is 5. The summed E-state index contributed by atoms with van der Waals surface area (Å²) in [4.78, 5) is 19.0. The Bertz CT molecular complexity index is 1460. The fraction of sp³-hybridized carbons (Fsp3) is 0.448. The normalized spacial score (nSPS) is 19.0. The number of piperidine rings is 2. The molecular formula is C29H36BrF7N10O. The van der Waals surface area contributed by atoms with Gasteiger partial charge in [-0.3, -0.25) is 0 Å². The zero-order valence-electron chi connectivity index (χ0n) is 25.6. The van der Waals surface area contributed by atoms with Gasteiger partial charge in [0.1, 0.15) is 5.75 Å². The first-order chi connectivity index (χ1) is 22.4. The Morgan fingerprint density at radius 2 is 1.15 bits per heavy atom. The second kappa shape index (κ2) is 16.7. The fourth-order valence-electron chi connectivity index (χ4n) is 4.33. The Morgan fingerprint density at radius 1 is 0.708 bits per heavy atom. The second-order valence-corrected chi connectivity index (χ2v) is 11.6. The summed E-state index contributed by atoms with van der Waals surface area (Å²) in [7, 11) is 0. The van der Waals surface area contributed by atoms with E-state index in [0.29, 0.717) is 12.1 Å². The molecule has 0 spiro atoms. The predicted molar refractivity (Wildman–Crippen MR) is 173 cm³/mol. The summed E-state index contributed by atoms with van der Waals surface area (Å²) in [6, 6.07) is 12.7. The van der Waals surface area contributed by atoms with Crippen molar-refractivity contribution in [3.05, 3.63) is 64.1 Å². The average Bonchev–Trinajstić information content (AvgIpc) is 2.99. The Labute approximate surface area is 280 Å². The smallest absolute Gasteiger partial charge is 0.406 e. The lowest BCUT2D eigenvalue weighted by Gasteiger charge is -2.32. The van der Waals surface area contributed by atoms with E-state index in [4.69, 9.17) is 22.9 Å². The number of hydrogen-bond donors (Lipinski definition) is 4. The molecule has 2 aliphatic rings. The van der Waals surface area contributed by atoms with Crippen LogP contribution in [0, 0.1) is 0 Å². The molecule has 2 saturated heterocycles. The van der Waals surface area contributed by atoms with Crippen LogP contribution < -0.4 is 27.7 Å². The Balaban J connectivity index is 0.000000264. The monoisotopic (exact) mass is 752 g/mol. The molecular weight excluding hydrogens is 717 g/mol. The summed E-state index contributed by atoms with van der Waals surface area (Å²) in [5, 5.41) is 0. The molecule has 0 saturated carbocycles. The lowest BCUT2D eigenvalue weighted by Crippen LogP contribution is -2.46. The van der Waals surface area contributed by atoms with Gasteiger partial charge in [0.2, 0.25) is 11.9 Å². The predicted octanol–water partition coefficient (Wildman–Crippen LogP) is 4.76. The highest BCUT2D eigenvalue weighted by Crippen LogP contribution is 2.28. The number of ether oxygens (including phenoxy) is 1. The molecule has 0 atom stereocenters. The van der Waals surface area contributed by atoms with Crippen LogP contribution in [-0.4, -0.2) is 78.0 Å². The second-order valence-electron chi connectivity index (χ2n) is 10.8. The topological polar surface area (TPSA) is 169 Å². The Hall–Kier alpha value is -4.29. The van der Waals surface area contributed by atoms with E-state index in [1.165, 1.54) is 17.0 Å². The Morgan fingerprint density at radius 3 is 1.58 bits per heavy atom. The summed E-state index contributed by atoms with van der Waals surface area (Å²) >= 11 is 3.42. The van der Waals surface area contributed by atoms with E-state index >= 15 is 0 Å². The lowest BCUT2D eigenvalue weighted by atomic mass is 10.1. The van der Waals surface area contributed by atoms with Crippen LogP contribution in [-0.2, 0) is 13.1 Å². The molecule has 8 N–H and O–H groups in total. The van der Waals surface area contributed by atoms with Gasteiger partial charge in [-0.05, 0) is 29.3 Å². The third kappa shape index (κ3) is 13.4. The van der Waals surface area contributed by atoms with Crippen molar-refractivity contribution in [1.82, 2.24) is 9.80 Å². The molecule has 2 heterocycles. The van der Waals surface area contributed by atoms with Gasteiger partial charge in [0, 0.05) is 56.3 Å². The van der Waals surface area contributed by atoms with Crippen molar-refractivity contribution in [2.24, 2.45) is 42.9 Å². The maximum Gasteiger partial charge on any atom is 0.573 e. The molecule has 264 valence electrons. The third-order valence-electron chi connectivity index (χ3n) is 7.05. The van der Waals surface area contributed by atoms with Gasteiger partial charge in [-0.1, -0.05) is 46.3 Å². The summed E-state index contributed by atoms with van der Waals surface area (Å²) in [6.07, 6.45) is -5.83. The number of nitrogens with two attached hydrogens (primary N) is 4. The summed E-state index contributed by atoms with van der Waals surface area (Å²) in [5.74, 6) is -5.66. The largest absolute Gasteiger partial charge is 0.573 e. The van der Waals surface area contributed by atoms with Crippen LogP contribution in [0.5, 0.6) is 5.75 Å². The molecule has 2 aromatic rings. The first kappa shape index (κ1) is 38.2. The number of alkyl halides is 7. The maximum atomic E-state index is 13.1.